The third-order valence-electron chi connectivity index (χ3n) is 5.62. The lowest BCUT2D eigenvalue weighted by molar-refractivity contribution is 0.195. The Bertz CT molecular complexity index is 734. The summed E-state index contributed by atoms with van der Waals surface area (Å²) in [6.07, 6.45) is 9.08. The summed E-state index contributed by atoms with van der Waals surface area (Å²) >= 11 is 0. The first-order valence-corrected chi connectivity index (χ1v) is 11.4. The van der Waals surface area contributed by atoms with E-state index in [1.807, 2.05) is 0 Å². The molecule has 2 amide bonds. The van der Waals surface area contributed by atoms with E-state index in [2.05, 4.69) is 10.3 Å². The van der Waals surface area contributed by atoms with Crippen LogP contribution in [-0.4, -0.2) is 65.4 Å². The third-order valence-corrected chi connectivity index (χ3v) is 7.39. The molecule has 1 aromatic heterocycles. The molecule has 1 aromatic rings. The molecule has 0 aromatic carbocycles. The van der Waals surface area contributed by atoms with Crippen LogP contribution in [0.1, 0.15) is 50.8 Å². The van der Waals surface area contributed by atoms with Crippen LogP contribution in [0.5, 0.6) is 0 Å². The quantitative estimate of drug-likeness (QED) is 0.789. The Balaban J connectivity index is 1.60. The molecule has 0 atom stereocenters. The molecule has 1 saturated heterocycles. The molecule has 1 aliphatic heterocycles. The van der Waals surface area contributed by atoms with Crippen molar-refractivity contribution in [3.8, 4) is 0 Å². The molecule has 2 heterocycles. The van der Waals surface area contributed by atoms with E-state index in [0.717, 1.165) is 12.8 Å². The predicted octanol–water partition coefficient (Wildman–Crippen LogP) is 1.86. The average Bonchev–Trinajstić information content (AvgIpc) is 2.86. The fourth-order valence-electron chi connectivity index (χ4n) is 3.81. The average molecular weight is 398 g/mol. The highest BCUT2D eigenvalue weighted by atomic mass is 32.2. The van der Waals surface area contributed by atoms with Crippen LogP contribution in [-0.2, 0) is 17.1 Å². The number of urea groups is 1. The van der Waals surface area contributed by atoms with E-state index >= 15 is 0 Å². The van der Waals surface area contributed by atoms with Crippen molar-refractivity contribution in [2.75, 3.05) is 26.2 Å². The fourth-order valence-corrected chi connectivity index (χ4v) is 5.30. The summed E-state index contributed by atoms with van der Waals surface area (Å²) in [6, 6.07) is 0.189. The number of rotatable bonds is 3. The molecular weight excluding hydrogens is 366 g/mol. The Hall–Kier alpha value is -1.61. The van der Waals surface area contributed by atoms with Gasteiger partial charge in [-0.25, -0.2) is 18.2 Å². The minimum Gasteiger partial charge on any atom is -0.337 e. The molecule has 1 saturated carbocycles. The van der Waals surface area contributed by atoms with Crippen LogP contribution >= 0.6 is 0 Å². The maximum atomic E-state index is 12.9. The summed E-state index contributed by atoms with van der Waals surface area (Å²) in [4.78, 5) is 18.6. The largest absolute Gasteiger partial charge is 0.337 e. The summed E-state index contributed by atoms with van der Waals surface area (Å²) in [6.45, 7) is 3.47. The van der Waals surface area contributed by atoms with Crippen molar-refractivity contribution >= 4 is 16.1 Å². The number of hydrogen-bond acceptors (Lipinski definition) is 4. The van der Waals surface area contributed by atoms with Crippen LogP contribution in [0.25, 0.3) is 0 Å². The predicted molar refractivity (Wildman–Crippen MR) is 103 cm³/mol. The molecule has 152 valence electrons. The van der Waals surface area contributed by atoms with Crippen molar-refractivity contribution in [3.63, 3.8) is 0 Å². The van der Waals surface area contributed by atoms with Gasteiger partial charge in [-0.1, -0.05) is 25.7 Å². The van der Waals surface area contributed by atoms with E-state index in [9.17, 15) is 13.2 Å². The molecule has 8 nitrogen and oxygen atoms in total. The van der Waals surface area contributed by atoms with Crippen molar-refractivity contribution in [1.82, 2.24) is 24.1 Å². The Morgan fingerprint density at radius 2 is 1.78 bits per heavy atom. The van der Waals surface area contributed by atoms with Gasteiger partial charge in [-0.3, -0.25) is 0 Å². The lowest BCUT2D eigenvalue weighted by Gasteiger charge is -2.25. The van der Waals surface area contributed by atoms with Crippen molar-refractivity contribution in [2.24, 2.45) is 7.05 Å². The highest BCUT2D eigenvalue weighted by Crippen LogP contribution is 2.19. The summed E-state index contributed by atoms with van der Waals surface area (Å²) < 4.78 is 28.9. The zero-order valence-corrected chi connectivity index (χ0v) is 17.2. The fraction of sp³-hybridized carbons (Fsp3) is 0.778. The van der Waals surface area contributed by atoms with Gasteiger partial charge in [0, 0.05) is 45.5 Å². The molecular formula is C18H31N5O3S. The van der Waals surface area contributed by atoms with E-state index in [0.29, 0.717) is 38.4 Å². The van der Waals surface area contributed by atoms with Gasteiger partial charge in [-0.15, -0.1) is 0 Å². The second-order valence-electron chi connectivity index (χ2n) is 7.62. The second-order valence-corrected chi connectivity index (χ2v) is 9.50. The van der Waals surface area contributed by atoms with E-state index in [1.54, 1.807) is 29.6 Å². The number of hydrogen-bond donors (Lipinski definition) is 1. The van der Waals surface area contributed by atoms with Gasteiger partial charge in [0.15, 0.2) is 5.03 Å². The Morgan fingerprint density at radius 1 is 1.07 bits per heavy atom. The van der Waals surface area contributed by atoms with Crippen LogP contribution in [0, 0.1) is 6.92 Å². The maximum absolute atomic E-state index is 12.9. The maximum Gasteiger partial charge on any atom is 0.317 e. The lowest BCUT2D eigenvalue weighted by atomic mass is 10.1. The minimum atomic E-state index is -3.63. The van der Waals surface area contributed by atoms with Gasteiger partial charge in [0.2, 0.25) is 0 Å². The number of sulfonamides is 1. The van der Waals surface area contributed by atoms with Crippen molar-refractivity contribution in [2.45, 2.75) is 62.9 Å². The van der Waals surface area contributed by atoms with Gasteiger partial charge in [-0.2, -0.15) is 4.31 Å². The summed E-state index contributed by atoms with van der Waals surface area (Å²) in [7, 11) is -1.84. The SMILES string of the molecule is Cc1nc(S(=O)(=O)N2CCCN(C(=O)NC3CCCCCC3)CC2)cn1C. The van der Waals surface area contributed by atoms with Gasteiger partial charge >= 0.3 is 6.03 Å². The summed E-state index contributed by atoms with van der Waals surface area (Å²) in [5.41, 5.74) is 0. The number of aryl methyl sites for hydroxylation is 2. The molecule has 9 heteroatoms. The number of imidazole rings is 1. The standard InChI is InChI=1S/C18H31N5O3S/c1-15-19-17(14-21(15)2)27(25,26)23-11-7-10-22(12-13-23)18(24)20-16-8-5-3-4-6-9-16/h14,16H,3-13H2,1-2H3,(H,20,24). The number of aromatic nitrogens is 2. The number of nitrogens with zero attached hydrogens (tertiary/aromatic N) is 4. The van der Waals surface area contributed by atoms with Crippen LogP contribution in [0.4, 0.5) is 4.79 Å². The number of carbonyl (C=O) groups is 1. The molecule has 1 aliphatic carbocycles. The van der Waals surface area contributed by atoms with Gasteiger partial charge in [-0.05, 0) is 26.2 Å². The van der Waals surface area contributed by atoms with Gasteiger partial charge in [0.1, 0.15) is 5.82 Å². The Morgan fingerprint density at radius 3 is 2.41 bits per heavy atom. The van der Waals surface area contributed by atoms with E-state index in [-0.39, 0.29) is 17.1 Å². The summed E-state index contributed by atoms with van der Waals surface area (Å²) in [5, 5.41) is 3.24. The van der Waals surface area contributed by atoms with Gasteiger partial charge in [0.05, 0.1) is 0 Å². The smallest absolute Gasteiger partial charge is 0.317 e. The first kappa shape index (κ1) is 20.1. The molecule has 0 radical (unpaired) electrons. The number of amides is 2. The lowest BCUT2D eigenvalue weighted by Crippen LogP contribution is -2.46. The molecule has 1 N–H and O–H groups in total. The van der Waals surface area contributed by atoms with Gasteiger partial charge in [0.25, 0.3) is 10.0 Å². The topological polar surface area (TPSA) is 87.5 Å². The Labute approximate surface area is 162 Å². The molecule has 2 aliphatic rings. The molecule has 0 spiro atoms. The zero-order valence-electron chi connectivity index (χ0n) is 16.4. The van der Waals surface area contributed by atoms with Crippen molar-refractivity contribution in [1.29, 1.82) is 0 Å². The molecule has 0 bridgehead atoms. The van der Waals surface area contributed by atoms with Crippen LogP contribution < -0.4 is 5.32 Å². The third kappa shape index (κ3) is 4.82. The second kappa shape index (κ2) is 8.60. The summed E-state index contributed by atoms with van der Waals surface area (Å²) in [5.74, 6) is 0.660. The van der Waals surface area contributed by atoms with Crippen molar-refractivity contribution in [3.05, 3.63) is 12.0 Å². The highest BCUT2D eigenvalue weighted by molar-refractivity contribution is 7.89. The van der Waals surface area contributed by atoms with Crippen LogP contribution in [0.15, 0.2) is 11.2 Å². The normalized spacial score (nSPS) is 20.9. The van der Waals surface area contributed by atoms with Gasteiger partial charge < -0.3 is 14.8 Å². The first-order valence-electron chi connectivity index (χ1n) is 9.93. The van der Waals surface area contributed by atoms with E-state index < -0.39 is 10.0 Å². The van der Waals surface area contributed by atoms with Crippen LogP contribution in [0.2, 0.25) is 0 Å². The minimum absolute atomic E-state index is 0.0603. The highest BCUT2D eigenvalue weighted by Gasteiger charge is 2.30. The monoisotopic (exact) mass is 397 g/mol. The van der Waals surface area contributed by atoms with Crippen molar-refractivity contribution < 1.29 is 13.2 Å². The van der Waals surface area contributed by atoms with E-state index in [1.165, 1.54) is 30.0 Å². The zero-order chi connectivity index (χ0) is 19.4. The number of nitrogens with one attached hydrogen (secondary N) is 1. The molecule has 0 unspecified atom stereocenters. The molecule has 2 fully saturated rings. The molecule has 3 rings (SSSR count). The first-order chi connectivity index (χ1) is 12.9. The number of carbonyl (C=O) groups excluding carboxylic acids is 1. The van der Waals surface area contributed by atoms with Crippen LogP contribution in [0.3, 0.4) is 0 Å². The molecule has 27 heavy (non-hydrogen) atoms. The van der Waals surface area contributed by atoms with E-state index in [4.69, 9.17) is 0 Å². The Kier molecular flexibility index (Phi) is 6.41.